The molecule has 1 N–H and O–H groups in total. The summed E-state index contributed by atoms with van der Waals surface area (Å²) >= 11 is 1.23. The second-order valence-electron chi connectivity index (χ2n) is 7.19. The van der Waals surface area contributed by atoms with Crippen LogP contribution in [0.2, 0.25) is 0 Å². The Morgan fingerprint density at radius 3 is 2.26 bits per heavy atom. The fraction of sp³-hybridized carbons (Fsp3) is 0.562. The van der Waals surface area contributed by atoms with E-state index in [1.54, 1.807) is 0 Å². The van der Waals surface area contributed by atoms with Gasteiger partial charge in [0.25, 0.3) is 5.56 Å². The third-order valence-electron chi connectivity index (χ3n) is 3.61. The first-order valence-electron chi connectivity index (χ1n) is 7.47. The molecule has 0 spiro atoms. The maximum Gasteiger partial charge on any atom is 0.337 e. The average molecular weight is 338 g/mol. The number of hydrogen-bond acceptors (Lipinski definition) is 4. The van der Waals surface area contributed by atoms with Gasteiger partial charge >= 0.3 is 11.7 Å². The number of nitrogens with zero attached hydrogens (tertiary/aromatic N) is 2. The van der Waals surface area contributed by atoms with Crippen LogP contribution < -0.4 is 11.2 Å². The summed E-state index contributed by atoms with van der Waals surface area (Å²) in [5.41, 5.74) is -1.36. The van der Waals surface area contributed by atoms with E-state index in [9.17, 15) is 19.5 Å². The van der Waals surface area contributed by atoms with Crippen molar-refractivity contribution in [2.24, 2.45) is 13.0 Å². The second kappa shape index (κ2) is 5.63. The lowest BCUT2D eigenvalue weighted by Gasteiger charge is -2.17. The van der Waals surface area contributed by atoms with E-state index in [1.165, 1.54) is 23.0 Å². The number of thiophene rings is 1. The monoisotopic (exact) mass is 338 g/mol. The maximum absolute atomic E-state index is 12.5. The van der Waals surface area contributed by atoms with Crippen molar-refractivity contribution in [3.63, 3.8) is 0 Å². The third kappa shape index (κ3) is 2.85. The van der Waals surface area contributed by atoms with Crippen molar-refractivity contribution >= 4 is 27.5 Å². The fourth-order valence-electron chi connectivity index (χ4n) is 2.59. The lowest BCUT2D eigenvalue weighted by atomic mass is 9.91. The lowest BCUT2D eigenvalue weighted by molar-refractivity contribution is 0.0697. The van der Waals surface area contributed by atoms with Crippen LogP contribution in [0.3, 0.4) is 0 Å². The SMILES string of the molecule is CC(C)Cn1c(=O)n(C)c(=O)c2c(C(=O)O)c(C(C)(C)C)sc21. The molecule has 0 saturated carbocycles. The van der Waals surface area contributed by atoms with Crippen LogP contribution in [-0.2, 0) is 19.0 Å². The van der Waals surface area contributed by atoms with E-state index in [0.29, 0.717) is 16.3 Å². The number of fused-ring (bicyclic) bond motifs is 1. The molecule has 0 bridgehead atoms. The quantitative estimate of drug-likeness (QED) is 0.932. The first-order valence-corrected chi connectivity index (χ1v) is 8.28. The van der Waals surface area contributed by atoms with Gasteiger partial charge in [-0.25, -0.2) is 9.59 Å². The summed E-state index contributed by atoms with van der Waals surface area (Å²) in [5, 5.41) is 9.78. The van der Waals surface area contributed by atoms with E-state index < -0.39 is 22.6 Å². The fourth-order valence-corrected chi connectivity index (χ4v) is 3.93. The Balaban J connectivity index is 3.09. The molecule has 6 nitrogen and oxygen atoms in total. The summed E-state index contributed by atoms with van der Waals surface area (Å²) in [4.78, 5) is 37.9. The number of hydrogen-bond donors (Lipinski definition) is 1. The van der Waals surface area contributed by atoms with Crippen molar-refractivity contribution in [3.8, 4) is 0 Å². The number of aromatic nitrogens is 2. The minimum absolute atomic E-state index is 0.0237. The zero-order valence-electron chi connectivity index (χ0n) is 14.3. The molecule has 0 aromatic carbocycles. The van der Waals surface area contributed by atoms with Gasteiger partial charge in [-0.2, -0.15) is 0 Å². The molecule has 0 unspecified atom stereocenters. The van der Waals surface area contributed by atoms with Gasteiger partial charge < -0.3 is 5.11 Å². The topological polar surface area (TPSA) is 81.3 Å². The second-order valence-corrected chi connectivity index (χ2v) is 8.19. The number of aromatic carboxylic acids is 1. The molecule has 0 aliphatic rings. The summed E-state index contributed by atoms with van der Waals surface area (Å²) in [6.07, 6.45) is 0. The predicted octanol–water partition coefficient (Wildman–Crippen LogP) is 2.41. The Bertz CT molecular complexity index is 894. The molecule has 2 aromatic rings. The van der Waals surface area contributed by atoms with E-state index in [1.807, 2.05) is 34.6 Å². The minimum Gasteiger partial charge on any atom is -0.478 e. The van der Waals surface area contributed by atoms with Crippen LogP contribution in [0.4, 0.5) is 0 Å². The van der Waals surface area contributed by atoms with E-state index in [0.717, 1.165) is 4.57 Å². The Kier molecular flexibility index (Phi) is 4.28. The van der Waals surface area contributed by atoms with Crippen LogP contribution in [-0.4, -0.2) is 20.2 Å². The summed E-state index contributed by atoms with van der Waals surface area (Å²) in [5.74, 6) is -0.935. The molecule has 0 radical (unpaired) electrons. The molecule has 126 valence electrons. The average Bonchev–Trinajstić information content (AvgIpc) is 2.81. The van der Waals surface area contributed by atoms with E-state index in [4.69, 9.17) is 0 Å². The van der Waals surface area contributed by atoms with Gasteiger partial charge in [0, 0.05) is 18.5 Å². The van der Waals surface area contributed by atoms with E-state index >= 15 is 0 Å². The number of carboxylic acid groups (broad SMARTS) is 1. The summed E-state index contributed by atoms with van der Waals surface area (Å²) in [6.45, 7) is 10.1. The molecule has 0 aliphatic carbocycles. The molecule has 2 rings (SSSR count). The van der Waals surface area contributed by atoms with Crippen LogP contribution in [0.1, 0.15) is 49.9 Å². The highest BCUT2D eigenvalue weighted by molar-refractivity contribution is 7.19. The largest absolute Gasteiger partial charge is 0.478 e. The molecule has 23 heavy (non-hydrogen) atoms. The van der Waals surface area contributed by atoms with Crippen LogP contribution >= 0.6 is 11.3 Å². The molecule has 7 heteroatoms. The molecule has 0 fully saturated rings. The Morgan fingerprint density at radius 2 is 1.83 bits per heavy atom. The van der Waals surface area contributed by atoms with Gasteiger partial charge in [0.05, 0.1) is 10.9 Å². The van der Waals surface area contributed by atoms with Crippen molar-refractivity contribution in [3.05, 3.63) is 31.3 Å². The zero-order chi connectivity index (χ0) is 17.7. The highest BCUT2D eigenvalue weighted by Crippen LogP contribution is 2.37. The maximum atomic E-state index is 12.5. The predicted molar refractivity (Wildman–Crippen MR) is 91.8 cm³/mol. The summed E-state index contributed by atoms with van der Waals surface area (Å²) in [7, 11) is 1.39. The van der Waals surface area contributed by atoms with Crippen LogP contribution in [0.5, 0.6) is 0 Å². The van der Waals surface area contributed by atoms with Crippen molar-refractivity contribution in [1.82, 2.24) is 9.13 Å². The highest BCUT2D eigenvalue weighted by atomic mass is 32.1. The Labute approximate surface area is 138 Å². The standard InChI is InChI=1S/C16H22N2O4S/c1-8(2)7-18-13-10(12(19)17(6)15(18)22)9(14(20)21)11(23-13)16(3,4)5/h8H,7H2,1-6H3,(H,20,21). The van der Waals surface area contributed by atoms with Gasteiger partial charge in [-0.3, -0.25) is 13.9 Å². The molecule has 2 heterocycles. The number of rotatable bonds is 3. The summed E-state index contributed by atoms with van der Waals surface area (Å²) in [6, 6.07) is 0. The molecule has 0 saturated heterocycles. The van der Waals surface area contributed by atoms with Gasteiger partial charge in [0.2, 0.25) is 0 Å². The van der Waals surface area contributed by atoms with Crippen molar-refractivity contribution < 1.29 is 9.90 Å². The van der Waals surface area contributed by atoms with Crippen molar-refractivity contribution in [2.45, 2.75) is 46.6 Å². The van der Waals surface area contributed by atoms with Crippen LogP contribution in [0, 0.1) is 5.92 Å². The van der Waals surface area contributed by atoms with Crippen molar-refractivity contribution in [1.29, 1.82) is 0 Å². The lowest BCUT2D eigenvalue weighted by Crippen LogP contribution is -2.38. The molecular weight excluding hydrogens is 316 g/mol. The smallest absolute Gasteiger partial charge is 0.337 e. The molecule has 0 atom stereocenters. The van der Waals surface area contributed by atoms with Gasteiger partial charge in [-0.1, -0.05) is 34.6 Å². The Hall–Kier alpha value is -1.89. The molecular formula is C16H22N2O4S. The first kappa shape index (κ1) is 17.5. The molecule has 0 amide bonds. The summed E-state index contributed by atoms with van der Waals surface area (Å²) < 4.78 is 2.52. The van der Waals surface area contributed by atoms with Gasteiger partial charge in [0.15, 0.2) is 0 Å². The van der Waals surface area contributed by atoms with Crippen LogP contribution in [0.15, 0.2) is 9.59 Å². The number of carbonyl (C=O) groups is 1. The normalized spacial score (nSPS) is 12.3. The molecule has 0 aliphatic heterocycles. The molecule has 2 aromatic heterocycles. The minimum atomic E-state index is -1.13. The zero-order valence-corrected chi connectivity index (χ0v) is 15.1. The highest BCUT2D eigenvalue weighted by Gasteiger charge is 2.30. The van der Waals surface area contributed by atoms with E-state index in [-0.39, 0.29) is 16.9 Å². The van der Waals surface area contributed by atoms with E-state index in [2.05, 4.69) is 0 Å². The Morgan fingerprint density at radius 1 is 1.26 bits per heavy atom. The van der Waals surface area contributed by atoms with Crippen LogP contribution in [0.25, 0.3) is 10.2 Å². The van der Waals surface area contributed by atoms with Gasteiger partial charge in [-0.15, -0.1) is 11.3 Å². The number of carboxylic acids is 1. The third-order valence-corrected chi connectivity index (χ3v) is 5.25. The van der Waals surface area contributed by atoms with Gasteiger partial charge in [0.1, 0.15) is 4.83 Å². The van der Waals surface area contributed by atoms with Gasteiger partial charge in [-0.05, 0) is 11.3 Å². The van der Waals surface area contributed by atoms with Crippen molar-refractivity contribution in [2.75, 3.05) is 0 Å². The first-order chi connectivity index (χ1) is 10.5.